The smallest absolute Gasteiger partial charge is 0.394 e. The number of aliphatic hydroxyl groups is 1. The molecular weight excluding hydrogens is 283 g/mol. The molecule has 116 valence electrons. The second-order valence-corrected chi connectivity index (χ2v) is 5.53. The number of benzene rings is 1. The van der Waals surface area contributed by atoms with Gasteiger partial charge in [-0.2, -0.15) is 13.2 Å². The van der Waals surface area contributed by atoms with Crippen LogP contribution in [0.15, 0.2) is 24.3 Å². The fourth-order valence-electron chi connectivity index (χ4n) is 2.70. The summed E-state index contributed by atoms with van der Waals surface area (Å²) in [6, 6.07) is 4.32. The number of hydrogen-bond donors (Lipinski definition) is 2. The molecule has 0 bridgehead atoms. The van der Waals surface area contributed by atoms with Crippen molar-refractivity contribution in [1.29, 1.82) is 0 Å². The number of nitrogens with one attached hydrogen (secondary N) is 1. The SMILES string of the molecule is O=C(NC1(CO)CCCCC1)c1cccc(C(F)(F)F)c1. The van der Waals surface area contributed by atoms with Crippen molar-refractivity contribution in [2.45, 2.75) is 43.8 Å². The van der Waals surface area contributed by atoms with Crippen molar-refractivity contribution < 1.29 is 23.1 Å². The van der Waals surface area contributed by atoms with Crippen LogP contribution < -0.4 is 5.32 Å². The van der Waals surface area contributed by atoms with E-state index in [9.17, 15) is 23.1 Å². The average molecular weight is 301 g/mol. The Balaban J connectivity index is 2.16. The molecule has 1 aliphatic carbocycles. The monoisotopic (exact) mass is 301 g/mol. The van der Waals surface area contributed by atoms with Crippen molar-refractivity contribution in [3.63, 3.8) is 0 Å². The first kappa shape index (κ1) is 15.8. The lowest BCUT2D eigenvalue weighted by molar-refractivity contribution is -0.137. The third-order valence-electron chi connectivity index (χ3n) is 3.94. The second-order valence-electron chi connectivity index (χ2n) is 5.53. The molecule has 21 heavy (non-hydrogen) atoms. The first-order valence-corrected chi connectivity index (χ1v) is 6.97. The van der Waals surface area contributed by atoms with E-state index >= 15 is 0 Å². The van der Waals surface area contributed by atoms with Gasteiger partial charge in [-0.3, -0.25) is 4.79 Å². The number of hydrogen-bond acceptors (Lipinski definition) is 2. The maximum Gasteiger partial charge on any atom is 0.416 e. The third-order valence-corrected chi connectivity index (χ3v) is 3.94. The zero-order valence-corrected chi connectivity index (χ0v) is 11.5. The number of amides is 1. The molecule has 1 aliphatic rings. The highest BCUT2D eigenvalue weighted by atomic mass is 19.4. The van der Waals surface area contributed by atoms with Gasteiger partial charge < -0.3 is 10.4 Å². The van der Waals surface area contributed by atoms with E-state index in [2.05, 4.69) is 5.32 Å². The maximum atomic E-state index is 12.7. The maximum absolute atomic E-state index is 12.7. The average Bonchev–Trinajstić information content (AvgIpc) is 2.47. The van der Waals surface area contributed by atoms with Gasteiger partial charge in [0.1, 0.15) is 0 Å². The Morgan fingerprint density at radius 2 is 1.90 bits per heavy atom. The van der Waals surface area contributed by atoms with Gasteiger partial charge >= 0.3 is 6.18 Å². The zero-order chi connectivity index (χ0) is 15.5. The number of carbonyl (C=O) groups excluding carboxylic acids is 1. The number of carbonyl (C=O) groups is 1. The lowest BCUT2D eigenvalue weighted by Gasteiger charge is -2.36. The second kappa shape index (κ2) is 6.05. The van der Waals surface area contributed by atoms with Crippen LogP contribution in [-0.2, 0) is 6.18 Å². The Labute approximate surface area is 121 Å². The third kappa shape index (κ3) is 3.75. The predicted molar refractivity (Wildman–Crippen MR) is 71.8 cm³/mol. The van der Waals surface area contributed by atoms with Gasteiger partial charge in [0.25, 0.3) is 5.91 Å². The molecule has 3 nitrogen and oxygen atoms in total. The van der Waals surface area contributed by atoms with Crippen molar-refractivity contribution >= 4 is 5.91 Å². The van der Waals surface area contributed by atoms with Crippen LogP contribution in [0.25, 0.3) is 0 Å². The zero-order valence-electron chi connectivity index (χ0n) is 11.5. The van der Waals surface area contributed by atoms with Gasteiger partial charge in [0.15, 0.2) is 0 Å². The van der Waals surface area contributed by atoms with Crippen LogP contribution in [0.4, 0.5) is 13.2 Å². The summed E-state index contributed by atoms with van der Waals surface area (Å²) >= 11 is 0. The molecule has 2 rings (SSSR count). The van der Waals surface area contributed by atoms with Crippen LogP contribution in [0.2, 0.25) is 0 Å². The van der Waals surface area contributed by atoms with Gasteiger partial charge in [-0.15, -0.1) is 0 Å². The summed E-state index contributed by atoms with van der Waals surface area (Å²) in [6.07, 6.45) is -0.355. The predicted octanol–water partition coefficient (Wildman–Crippen LogP) is 3.13. The van der Waals surface area contributed by atoms with Crippen LogP contribution in [0.5, 0.6) is 0 Å². The van der Waals surface area contributed by atoms with Crippen LogP contribution in [0, 0.1) is 0 Å². The van der Waals surface area contributed by atoms with Gasteiger partial charge in [0, 0.05) is 5.56 Å². The molecule has 1 aromatic carbocycles. The standard InChI is InChI=1S/C15H18F3NO2/c16-15(17,18)12-6-4-5-11(9-12)13(21)19-14(10-20)7-2-1-3-8-14/h4-6,9,20H,1-3,7-8,10H2,(H,19,21). The minimum atomic E-state index is -4.48. The summed E-state index contributed by atoms with van der Waals surface area (Å²) in [5.74, 6) is -0.572. The Hall–Kier alpha value is -1.56. The van der Waals surface area contributed by atoms with Crippen molar-refractivity contribution in [1.82, 2.24) is 5.32 Å². The number of aliphatic hydroxyl groups excluding tert-OH is 1. The van der Waals surface area contributed by atoms with Gasteiger partial charge in [0.2, 0.25) is 0 Å². The Morgan fingerprint density at radius 1 is 1.24 bits per heavy atom. The molecule has 0 atom stereocenters. The molecule has 2 N–H and O–H groups in total. The van der Waals surface area contributed by atoms with Gasteiger partial charge in [0.05, 0.1) is 17.7 Å². The number of halogens is 3. The van der Waals surface area contributed by atoms with Crippen molar-refractivity contribution in [3.05, 3.63) is 35.4 Å². The van der Waals surface area contributed by atoms with Crippen LogP contribution in [-0.4, -0.2) is 23.2 Å². The van der Waals surface area contributed by atoms with E-state index in [1.54, 1.807) is 0 Å². The summed E-state index contributed by atoms with van der Waals surface area (Å²) in [7, 11) is 0. The summed E-state index contributed by atoms with van der Waals surface area (Å²) in [6.45, 7) is -0.197. The van der Waals surface area contributed by atoms with Crippen molar-refractivity contribution in [3.8, 4) is 0 Å². The van der Waals surface area contributed by atoms with E-state index < -0.39 is 23.2 Å². The Bertz CT molecular complexity index is 508. The lowest BCUT2D eigenvalue weighted by Crippen LogP contribution is -2.52. The highest BCUT2D eigenvalue weighted by molar-refractivity contribution is 5.94. The van der Waals surface area contributed by atoms with E-state index in [-0.39, 0.29) is 12.2 Å². The minimum Gasteiger partial charge on any atom is -0.394 e. The van der Waals surface area contributed by atoms with E-state index in [1.807, 2.05) is 0 Å². The molecule has 1 saturated carbocycles. The van der Waals surface area contributed by atoms with Gasteiger partial charge in [-0.25, -0.2) is 0 Å². The van der Waals surface area contributed by atoms with Crippen molar-refractivity contribution in [2.24, 2.45) is 0 Å². The molecule has 0 saturated heterocycles. The van der Waals surface area contributed by atoms with E-state index in [0.29, 0.717) is 12.8 Å². The van der Waals surface area contributed by atoms with Crippen molar-refractivity contribution in [2.75, 3.05) is 6.61 Å². The molecule has 0 spiro atoms. The molecule has 0 heterocycles. The molecule has 1 amide bonds. The summed E-state index contributed by atoms with van der Waals surface area (Å²) in [5.41, 5.74) is -1.59. The molecule has 0 unspecified atom stereocenters. The van der Waals surface area contributed by atoms with Gasteiger partial charge in [-0.1, -0.05) is 25.3 Å². The lowest BCUT2D eigenvalue weighted by atomic mass is 9.82. The molecule has 0 aliphatic heterocycles. The molecule has 1 fully saturated rings. The topological polar surface area (TPSA) is 49.3 Å². The van der Waals surface area contributed by atoms with E-state index in [4.69, 9.17) is 0 Å². The first-order valence-electron chi connectivity index (χ1n) is 6.97. The Kier molecular flexibility index (Phi) is 4.56. The number of alkyl halides is 3. The summed E-state index contributed by atoms with van der Waals surface area (Å²) in [4.78, 5) is 12.2. The highest BCUT2D eigenvalue weighted by Gasteiger charge is 2.34. The van der Waals surface area contributed by atoms with E-state index in [1.165, 1.54) is 12.1 Å². The first-order chi connectivity index (χ1) is 9.86. The molecule has 6 heteroatoms. The molecule has 0 radical (unpaired) electrons. The molecular formula is C15H18F3NO2. The minimum absolute atomic E-state index is 0.0387. The van der Waals surface area contributed by atoms with E-state index in [0.717, 1.165) is 31.4 Å². The highest BCUT2D eigenvalue weighted by Crippen LogP contribution is 2.31. The molecule has 0 aromatic heterocycles. The van der Waals surface area contributed by atoms with Gasteiger partial charge in [-0.05, 0) is 31.0 Å². The quantitative estimate of drug-likeness (QED) is 0.901. The summed E-state index contributed by atoms with van der Waals surface area (Å²) in [5, 5.41) is 12.2. The fourth-order valence-corrected chi connectivity index (χ4v) is 2.70. The largest absolute Gasteiger partial charge is 0.416 e. The van der Waals surface area contributed by atoms with Crippen LogP contribution in [0.3, 0.4) is 0 Å². The number of rotatable bonds is 3. The molecule has 1 aromatic rings. The summed E-state index contributed by atoms with van der Waals surface area (Å²) < 4.78 is 38.0. The Morgan fingerprint density at radius 3 is 2.48 bits per heavy atom. The van der Waals surface area contributed by atoms with Crippen LogP contribution >= 0.6 is 0 Å². The van der Waals surface area contributed by atoms with Crippen LogP contribution in [0.1, 0.15) is 48.0 Å². The fraction of sp³-hybridized carbons (Fsp3) is 0.533. The normalized spacial score (nSPS) is 18.3.